The average Bonchev–Trinajstić information content (AvgIpc) is 2.49. The number of hydrogen-bond donors (Lipinski definition) is 1. The third kappa shape index (κ3) is 3.18. The standard InChI is InChI=1S/C17H23N3O/c1-4-12(2)19-17(21)15-11-13(3)20(10-9-18)16-8-6-5-7-14(15)16/h5-8,12-13,15H,4,10-11H2,1-3H3,(H,19,21)/t12-,13+,15-/m0/s1. The molecule has 0 bridgehead atoms. The maximum Gasteiger partial charge on any atom is 0.227 e. The molecule has 4 heteroatoms. The summed E-state index contributed by atoms with van der Waals surface area (Å²) in [5.41, 5.74) is 2.05. The molecule has 1 aromatic rings. The van der Waals surface area contributed by atoms with E-state index in [2.05, 4.69) is 30.1 Å². The molecule has 112 valence electrons. The lowest BCUT2D eigenvalue weighted by Crippen LogP contribution is -2.44. The van der Waals surface area contributed by atoms with Crippen LogP contribution in [0.5, 0.6) is 0 Å². The minimum Gasteiger partial charge on any atom is -0.355 e. The van der Waals surface area contributed by atoms with Crippen LogP contribution < -0.4 is 10.2 Å². The molecule has 1 N–H and O–H groups in total. The number of rotatable bonds is 4. The molecule has 2 rings (SSSR count). The monoisotopic (exact) mass is 285 g/mol. The van der Waals surface area contributed by atoms with Crippen LogP contribution in [0.4, 0.5) is 5.69 Å². The Bertz CT molecular complexity index is 549. The summed E-state index contributed by atoms with van der Waals surface area (Å²) in [6.45, 7) is 6.53. The fourth-order valence-corrected chi connectivity index (χ4v) is 2.89. The van der Waals surface area contributed by atoms with Crippen LogP contribution in [0.3, 0.4) is 0 Å². The van der Waals surface area contributed by atoms with Gasteiger partial charge in [-0.05, 0) is 38.3 Å². The predicted molar refractivity (Wildman–Crippen MR) is 84.1 cm³/mol. The first kappa shape index (κ1) is 15.4. The first-order chi connectivity index (χ1) is 10.1. The maximum atomic E-state index is 12.5. The Balaban J connectivity index is 2.31. The van der Waals surface area contributed by atoms with E-state index in [0.29, 0.717) is 6.54 Å². The van der Waals surface area contributed by atoms with Gasteiger partial charge in [0.25, 0.3) is 0 Å². The zero-order valence-electron chi connectivity index (χ0n) is 13.0. The number of nitrogens with zero attached hydrogens (tertiary/aromatic N) is 2. The molecule has 0 saturated heterocycles. The highest BCUT2D eigenvalue weighted by atomic mass is 16.1. The maximum absolute atomic E-state index is 12.5. The first-order valence-electron chi connectivity index (χ1n) is 7.61. The molecule has 0 radical (unpaired) electrons. The van der Waals surface area contributed by atoms with Crippen LogP contribution in [0.1, 0.15) is 45.1 Å². The predicted octanol–water partition coefficient (Wildman–Crippen LogP) is 2.81. The number of nitrogens with one attached hydrogen (secondary N) is 1. The lowest BCUT2D eigenvalue weighted by molar-refractivity contribution is -0.123. The van der Waals surface area contributed by atoms with Crippen LogP contribution in [0.2, 0.25) is 0 Å². The Morgan fingerprint density at radius 1 is 1.52 bits per heavy atom. The highest BCUT2D eigenvalue weighted by Gasteiger charge is 2.34. The van der Waals surface area contributed by atoms with E-state index in [1.165, 1.54) is 0 Å². The first-order valence-corrected chi connectivity index (χ1v) is 7.61. The second-order valence-corrected chi connectivity index (χ2v) is 5.80. The molecule has 21 heavy (non-hydrogen) atoms. The number of carbonyl (C=O) groups excluding carboxylic acids is 1. The summed E-state index contributed by atoms with van der Waals surface area (Å²) < 4.78 is 0. The van der Waals surface area contributed by atoms with Gasteiger partial charge < -0.3 is 10.2 Å². The largest absolute Gasteiger partial charge is 0.355 e. The molecule has 0 aliphatic carbocycles. The minimum absolute atomic E-state index is 0.0975. The smallest absolute Gasteiger partial charge is 0.227 e. The molecule has 4 nitrogen and oxygen atoms in total. The third-order valence-electron chi connectivity index (χ3n) is 4.29. The average molecular weight is 285 g/mol. The normalized spacial score (nSPS) is 22.1. The van der Waals surface area contributed by atoms with Gasteiger partial charge in [-0.25, -0.2) is 0 Å². The van der Waals surface area contributed by atoms with Crippen LogP contribution >= 0.6 is 0 Å². The van der Waals surface area contributed by atoms with E-state index in [1.807, 2.05) is 31.2 Å². The van der Waals surface area contributed by atoms with Gasteiger partial charge in [-0.15, -0.1) is 0 Å². The molecular weight excluding hydrogens is 262 g/mol. The Morgan fingerprint density at radius 3 is 2.90 bits per heavy atom. The number of para-hydroxylation sites is 1. The summed E-state index contributed by atoms with van der Waals surface area (Å²) in [7, 11) is 0. The van der Waals surface area contributed by atoms with Crippen molar-refractivity contribution in [1.82, 2.24) is 5.32 Å². The SMILES string of the molecule is CC[C@H](C)NC(=O)[C@H]1C[C@@H](C)N(CC#N)c2ccccc21. The summed E-state index contributed by atoms with van der Waals surface area (Å²) in [5.74, 6) is -0.0274. The topological polar surface area (TPSA) is 56.1 Å². The zero-order valence-corrected chi connectivity index (χ0v) is 13.0. The number of carbonyl (C=O) groups is 1. The van der Waals surface area contributed by atoms with Crippen LogP contribution in [0.15, 0.2) is 24.3 Å². The Hall–Kier alpha value is -2.02. The van der Waals surface area contributed by atoms with Gasteiger partial charge in [0.1, 0.15) is 6.54 Å². The molecule has 0 unspecified atom stereocenters. The van der Waals surface area contributed by atoms with Gasteiger partial charge in [0.15, 0.2) is 0 Å². The Labute approximate surface area is 126 Å². The van der Waals surface area contributed by atoms with Crippen molar-refractivity contribution in [3.05, 3.63) is 29.8 Å². The fraction of sp³-hybridized carbons (Fsp3) is 0.529. The molecular formula is C17H23N3O. The highest BCUT2D eigenvalue weighted by molar-refractivity contribution is 5.87. The van der Waals surface area contributed by atoms with E-state index < -0.39 is 0 Å². The molecule has 3 atom stereocenters. The van der Waals surface area contributed by atoms with E-state index >= 15 is 0 Å². The Morgan fingerprint density at radius 2 is 2.24 bits per heavy atom. The zero-order chi connectivity index (χ0) is 15.4. The van der Waals surface area contributed by atoms with E-state index in [0.717, 1.165) is 24.1 Å². The summed E-state index contributed by atoms with van der Waals surface area (Å²) in [6.07, 6.45) is 1.68. The second-order valence-electron chi connectivity index (χ2n) is 5.80. The molecule has 0 spiro atoms. The van der Waals surface area contributed by atoms with Gasteiger partial charge in [0.2, 0.25) is 5.91 Å². The van der Waals surface area contributed by atoms with Gasteiger partial charge in [-0.3, -0.25) is 4.79 Å². The van der Waals surface area contributed by atoms with Gasteiger partial charge in [0.05, 0.1) is 12.0 Å². The number of amides is 1. The number of fused-ring (bicyclic) bond motifs is 1. The van der Waals surface area contributed by atoms with Gasteiger partial charge in [-0.1, -0.05) is 25.1 Å². The van der Waals surface area contributed by atoms with Crippen molar-refractivity contribution in [3.8, 4) is 6.07 Å². The summed E-state index contributed by atoms with van der Waals surface area (Å²) in [5, 5.41) is 12.1. The van der Waals surface area contributed by atoms with Crippen LogP contribution in [-0.2, 0) is 4.79 Å². The molecule has 0 fully saturated rings. The van der Waals surface area contributed by atoms with Crippen molar-refractivity contribution in [2.24, 2.45) is 0 Å². The van der Waals surface area contributed by atoms with Crippen LogP contribution in [0.25, 0.3) is 0 Å². The van der Waals surface area contributed by atoms with Gasteiger partial charge in [0, 0.05) is 17.8 Å². The molecule has 0 aromatic heterocycles. The summed E-state index contributed by atoms with van der Waals surface area (Å²) in [4.78, 5) is 14.6. The van der Waals surface area contributed by atoms with Crippen molar-refractivity contribution in [2.45, 2.75) is 51.6 Å². The van der Waals surface area contributed by atoms with Gasteiger partial charge >= 0.3 is 0 Å². The lowest BCUT2D eigenvalue weighted by Gasteiger charge is -2.39. The molecule has 1 aliphatic heterocycles. The molecule has 1 aromatic carbocycles. The van der Waals surface area contributed by atoms with Crippen LogP contribution in [-0.4, -0.2) is 24.5 Å². The van der Waals surface area contributed by atoms with Crippen molar-refractivity contribution >= 4 is 11.6 Å². The van der Waals surface area contributed by atoms with Crippen molar-refractivity contribution < 1.29 is 4.79 Å². The van der Waals surface area contributed by atoms with Gasteiger partial charge in [-0.2, -0.15) is 5.26 Å². The lowest BCUT2D eigenvalue weighted by atomic mass is 9.85. The molecule has 1 amide bonds. The van der Waals surface area contributed by atoms with Crippen LogP contribution in [0, 0.1) is 11.3 Å². The second kappa shape index (κ2) is 6.62. The summed E-state index contributed by atoms with van der Waals surface area (Å²) >= 11 is 0. The number of benzene rings is 1. The number of nitriles is 1. The molecule has 0 saturated carbocycles. The van der Waals surface area contributed by atoms with Crippen molar-refractivity contribution in [3.63, 3.8) is 0 Å². The van der Waals surface area contributed by atoms with E-state index in [1.54, 1.807) is 0 Å². The quantitative estimate of drug-likeness (QED) is 0.865. The van der Waals surface area contributed by atoms with E-state index in [-0.39, 0.29) is 23.9 Å². The van der Waals surface area contributed by atoms with Crippen molar-refractivity contribution in [2.75, 3.05) is 11.4 Å². The van der Waals surface area contributed by atoms with E-state index in [4.69, 9.17) is 5.26 Å². The number of anilines is 1. The Kier molecular flexibility index (Phi) is 4.85. The molecule has 1 aliphatic rings. The highest BCUT2D eigenvalue weighted by Crippen LogP contribution is 2.38. The van der Waals surface area contributed by atoms with Crippen molar-refractivity contribution in [1.29, 1.82) is 5.26 Å². The van der Waals surface area contributed by atoms with E-state index in [9.17, 15) is 4.79 Å². The fourth-order valence-electron chi connectivity index (χ4n) is 2.89. The molecule has 1 heterocycles. The number of hydrogen-bond acceptors (Lipinski definition) is 3. The third-order valence-corrected chi connectivity index (χ3v) is 4.29. The summed E-state index contributed by atoms with van der Waals surface area (Å²) in [6, 6.07) is 10.5. The minimum atomic E-state index is -0.125.